The van der Waals surface area contributed by atoms with E-state index in [1.807, 2.05) is 12.1 Å². The molecule has 1 atom stereocenters. The molecule has 0 fully saturated rings. The fraction of sp³-hybridized carbons (Fsp3) is 0.0152. The van der Waals surface area contributed by atoms with Gasteiger partial charge >= 0.3 is 0 Å². The van der Waals surface area contributed by atoms with Crippen molar-refractivity contribution in [3.63, 3.8) is 0 Å². The van der Waals surface area contributed by atoms with E-state index in [0.29, 0.717) is 0 Å². The first-order valence-electron chi connectivity index (χ1n) is 47.3. The second kappa shape index (κ2) is 36.8. The molecule has 0 saturated carbocycles. The molecule has 24 rings (SSSR count). The summed E-state index contributed by atoms with van der Waals surface area (Å²) in [5.74, 6) is 1.08. The molecule has 6 nitrogen and oxygen atoms in total. The Kier molecular flexibility index (Phi) is 22.1. The molecule has 0 spiro atoms. The Hall–Kier alpha value is -18.1. The van der Waals surface area contributed by atoms with Gasteiger partial charge in [-0.3, -0.25) is 0 Å². The maximum atomic E-state index is 6.99. The lowest BCUT2D eigenvalue weighted by Crippen LogP contribution is -2.10. The average molecular weight is 1770 g/mol. The molecular formula is C132H92N4O2. The zero-order valence-corrected chi connectivity index (χ0v) is 75.8. The van der Waals surface area contributed by atoms with Crippen LogP contribution in [0, 0.1) is 0 Å². The van der Waals surface area contributed by atoms with Crippen LogP contribution < -0.4 is 19.6 Å². The number of hydrogen-bond donors (Lipinski definition) is 0. The van der Waals surface area contributed by atoms with Gasteiger partial charge in [-0.1, -0.05) is 388 Å². The van der Waals surface area contributed by atoms with E-state index in [1.54, 1.807) is 0 Å². The normalized spacial score (nSPS) is 12.2. The van der Waals surface area contributed by atoms with Gasteiger partial charge in [0, 0.05) is 84.5 Å². The molecule has 138 heavy (non-hydrogen) atoms. The number of benzene rings is 21. The summed E-state index contributed by atoms with van der Waals surface area (Å²) >= 11 is 0. The highest BCUT2D eigenvalue weighted by molar-refractivity contribution is 6.10. The third-order valence-electron chi connectivity index (χ3n) is 27.1. The first kappa shape index (κ1) is 83.0. The van der Waals surface area contributed by atoms with E-state index < -0.39 is 0 Å². The monoisotopic (exact) mass is 1760 g/mol. The molecule has 23 aromatic rings. The van der Waals surface area contributed by atoms with Gasteiger partial charge in [-0.25, -0.2) is 0 Å². The van der Waals surface area contributed by atoms with E-state index in [9.17, 15) is 0 Å². The van der Waals surface area contributed by atoms with Gasteiger partial charge < -0.3 is 28.4 Å². The SMILES string of the molecule is C1=CC(c2ccc(-c3ccc(N(c4ccccc4)c4ccc(-c5ccc(-c6cccc(-c7ccc(-c8ccc(N(c9ccccc9)c9ccc(-c%10ccccc%10)cc9)cc8)cc7)c6)cc5)cc4)cc3)cc2)Cc2c1oc1c(N(c3ccccc3)c3ccc(-c4ccc(-c5ccccc5-c5ccc(-c6ccc(N(c7ccccc7)c7cccc8c7oc7ccccc78)cc6)cc5)cc4)cc3)cccc21. The van der Waals surface area contributed by atoms with Crippen molar-refractivity contribution in [3.05, 3.63) is 551 Å². The standard InChI is InChI=1S/C132H92N4O2/c1-6-23-91(24-7-1)97-63-76-115(77-64-97)133(111-27-8-2-9-28-111)116-78-65-98(66-79-116)92-43-49-103(50-44-92)108-25-20-26-109(89-108)104-51-45-93(46-52-104)99-67-80-117(81-68-99)134(112-29-10-3-11-30-112)118-82-69-100(70-83-118)94-47-53-105(54-48-94)110-75-88-130-126(90-110)125-39-22-41-128(132(125)138-130)136(114-33-14-5-15-34-114)120-86-73-102(74-87-120)96-57-61-107(62-58-96)122-36-17-16-35-121(122)106-59-55-95(56-60-106)101-71-84-119(85-72-101)135(113-31-12-4-13-32-113)127-40-21-38-124-123-37-18-19-42-129(123)137-131(124)127/h1-89,110H,90H2. The molecule has 0 saturated heterocycles. The Bertz CT molecular complexity index is 8280. The third-order valence-corrected chi connectivity index (χ3v) is 27.1. The molecular weight excluding hydrogens is 1670 g/mol. The molecule has 0 radical (unpaired) electrons. The summed E-state index contributed by atoms with van der Waals surface area (Å²) in [6.45, 7) is 0. The largest absolute Gasteiger partial charge is 0.454 e. The number of anilines is 12. The first-order chi connectivity index (χ1) is 68.4. The van der Waals surface area contributed by atoms with Crippen LogP contribution in [-0.2, 0) is 6.42 Å². The van der Waals surface area contributed by atoms with Crippen LogP contribution in [0.25, 0.3) is 150 Å². The summed E-state index contributed by atoms with van der Waals surface area (Å²) < 4.78 is 13.6. The number of nitrogens with zero attached hydrogens (tertiary/aromatic N) is 4. The number of furan rings is 2. The molecule has 2 heterocycles. The van der Waals surface area contributed by atoms with Crippen LogP contribution >= 0.6 is 0 Å². The molecule has 0 amide bonds. The van der Waals surface area contributed by atoms with Crippen molar-refractivity contribution >= 4 is 107 Å². The van der Waals surface area contributed by atoms with E-state index in [4.69, 9.17) is 8.83 Å². The highest BCUT2D eigenvalue weighted by atomic mass is 16.3. The van der Waals surface area contributed by atoms with Crippen molar-refractivity contribution in [1.29, 1.82) is 0 Å². The van der Waals surface area contributed by atoms with Crippen LogP contribution in [0.4, 0.5) is 68.2 Å². The zero-order valence-electron chi connectivity index (χ0n) is 75.8. The average Bonchev–Trinajstić information content (AvgIpc) is 1.55. The van der Waals surface area contributed by atoms with E-state index in [0.717, 1.165) is 163 Å². The predicted octanol–water partition coefficient (Wildman–Crippen LogP) is 37.2. The maximum absolute atomic E-state index is 6.99. The Morgan fingerprint density at radius 3 is 0.812 bits per heavy atom. The Morgan fingerprint density at radius 1 is 0.181 bits per heavy atom. The van der Waals surface area contributed by atoms with Crippen molar-refractivity contribution in [3.8, 4) is 111 Å². The molecule has 21 aromatic carbocycles. The molecule has 652 valence electrons. The van der Waals surface area contributed by atoms with Crippen LogP contribution in [0.2, 0.25) is 0 Å². The lowest BCUT2D eigenvalue weighted by atomic mass is 9.86. The molecule has 6 heteroatoms. The summed E-state index contributed by atoms with van der Waals surface area (Å²) in [6.07, 6.45) is 5.33. The predicted molar refractivity (Wildman–Crippen MR) is 579 cm³/mol. The summed E-state index contributed by atoms with van der Waals surface area (Å²) in [6, 6.07) is 190. The molecule has 0 N–H and O–H groups in total. The Labute approximate surface area is 804 Å². The topological polar surface area (TPSA) is 39.2 Å². The fourth-order valence-electron chi connectivity index (χ4n) is 20.0. The molecule has 1 aliphatic rings. The van der Waals surface area contributed by atoms with Gasteiger partial charge in [0.1, 0.15) is 11.3 Å². The smallest absolute Gasteiger partial charge is 0.159 e. The van der Waals surface area contributed by atoms with Gasteiger partial charge in [-0.15, -0.1) is 0 Å². The van der Waals surface area contributed by atoms with Crippen molar-refractivity contribution < 1.29 is 8.83 Å². The molecule has 1 aliphatic carbocycles. The van der Waals surface area contributed by atoms with Gasteiger partial charge in [0.2, 0.25) is 0 Å². The van der Waals surface area contributed by atoms with Crippen molar-refractivity contribution in [1.82, 2.24) is 0 Å². The number of allylic oxidation sites excluding steroid dienone is 1. The number of hydrogen-bond acceptors (Lipinski definition) is 6. The number of rotatable bonds is 23. The second-order valence-corrected chi connectivity index (χ2v) is 35.4. The summed E-state index contributed by atoms with van der Waals surface area (Å²) in [5.41, 5.74) is 41.2. The maximum Gasteiger partial charge on any atom is 0.159 e. The minimum absolute atomic E-state index is 0.171. The second-order valence-electron chi connectivity index (χ2n) is 35.4. The lowest BCUT2D eigenvalue weighted by molar-refractivity contribution is 0.592. The summed E-state index contributed by atoms with van der Waals surface area (Å²) in [5, 5.41) is 3.34. The van der Waals surface area contributed by atoms with E-state index in [1.165, 1.54) is 72.3 Å². The van der Waals surface area contributed by atoms with Crippen LogP contribution in [0.5, 0.6) is 0 Å². The molecule has 2 aromatic heterocycles. The lowest BCUT2D eigenvalue weighted by Gasteiger charge is -2.26. The summed E-state index contributed by atoms with van der Waals surface area (Å²) in [4.78, 5) is 9.27. The van der Waals surface area contributed by atoms with Crippen LogP contribution in [0.3, 0.4) is 0 Å². The van der Waals surface area contributed by atoms with Crippen LogP contribution in [-0.4, -0.2) is 0 Å². The highest BCUT2D eigenvalue weighted by Crippen LogP contribution is 2.49. The Balaban J connectivity index is 0.420. The van der Waals surface area contributed by atoms with Gasteiger partial charge in [0.15, 0.2) is 11.2 Å². The zero-order chi connectivity index (χ0) is 91.6. The minimum atomic E-state index is 0.171. The highest BCUT2D eigenvalue weighted by Gasteiger charge is 2.28. The van der Waals surface area contributed by atoms with Crippen molar-refractivity contribution in [2.75, 3.05) is 19.6 Å². The molecule has 0 aliphatic heterocycles. The minimum Gasteiger partial charge on any atom is -0.454 e. The van der Waals surface area contributed by atoms with E-state index in [2.05, 4.69) is 547 Å². The molecule has 1 unspecified atom stereocenters. The first-order valence-corrected chi connectivity index (χ1v) is 47.3. The van der Waals surface area contributed by atoms with Gasteiger partial charge in [0.05, 0.1) is 11.4 Å². The van der Waals surface area contributed by atoms with Crippen molar-refractivity contribution in [2.24, 2.45) is 0 Å². The van der Waals surface area contributed by atoms with E-state index in [-0.39, 0.29) is 5.92 Å². The van der Waals surface area contributed by atoms with Crippen LogP contribution in [0.1, 0.15) is 22.8 Å². The molecule has 0 bridgehead atoms. The Morgan fingerprint density at radius 2 is 0.435 bits per heavy atom. The quantitative estimate of drug-likeness (QED) is 0.0636. The fourth-order valence-corrected chi connectivity index (χ4v) is 20.0. The number of para-hydroxylation sites is 7. The van der Waals surface area contributed by atoms with Gasteiger partial charge in [-0.05, 0) is 275 Å². The van der Waals surface area contributed by atoms with Gasteiger partial charge in [0.25, 0.3) is 0 Å². The third kappa shape index (κ3) is 16.5. The van der Waals surface area contributed by atoms with Crippen molar-refractivity contribution in [2.45, 2.75) is 12.3 Å². The number of fused-ring (bicyclic) bond motifs is 6. The van der Waals surface area contributed by atoms with E-state index >= 15 is 0 Å². The summed E-state index contributed by atoms with van der Waals surface area (Å²) in [7, 11) is 0. The van der Waals surface area contributed by atoms with Crippen LogP contribution in [0.15, 0.2) is 543 Å². The van der Waals surface area contributed by atoms with Gasteiger partial charge in [-0.2, -0.15) is 0 Å².